The van der Waals surface area contributed by atoms with Crippen LogP contribution in [0.15, 0.2) is 47.5 Å². The molecular formula is C30H42ClN7O2. The van der Waals surface area contributed by atoms with Crippen molar-refractivity contribution in [1.82, 2.24) is 10.2 Å². The molecule has 1 heterocycles. The van der Waals surface area contributed by atoms with Crippen molar-refractivity contribution in [2.45, 2.75) is 72.0 Å². The first-order valence-corrected chi connectivity index (χ1v) is 13.9. The Kier molecular flexibility index (Phi) is 9.76. The van der Waals surface area contributed by atoms with Gasteiger partial charge in [-0.3, -0.25) is 31.7 Å². The minimum Gasteiger partial charge on any atom is -0.386 e. The predicted molar refractivity (Wildman–Crippen MR) is 161 cm³/mol. The number of hydrogen-bond acceptors (Lipinski definition) is 6. The lowest BCUT2D eigenvalue weighted by molar-refractivity contribution is -0.132. The van der Waals surface area contributed by atoms with E-state index >= 15 is 0 Å². The molecule has 9 nitrogen and oxygen atoms in total. The maximum atomic E-state index is 14.1. The van der Waals surface area contributed by atoms with Crippen LogP contribution in [0.25, 0.3) is 0 Å². The number of aliphatic imine (C=N–C) groups is 1. The Labute approximate surface area is 242 Å². The van der Waals surface area contributed by atoms with Crippen LogP contribution >= 0.6 is 11.6 Å². The second-order valence-corrected chi connectivity index (χ2v) is 12.2. The third-order valence-electron chi connectivity index (χ3n) is 8.00. The lowest BCUT2D eigenvalue weighted by atomic mass is 9.69. The molecule has 0 aromatic heterocycles. The molecule has 8 N–H and O–H groups in total. The first kappa shape index (κ1) is 31.3. The number of hydrazine groups is 1. The third-order valence-corrected chi connectivity index (χ3v) is 8.22. The number of amidine groups is 1. The average Bonchev–Trinajstić information content (AvgIpc) is 3.18. The highest BCUT2D eigenvalue weighted by molar-refractivity contribution is 6.47. The molecule has 1 unspecified atom stereocenters. The summed E-state index contributed by atoms with van der Waals surface area (Å²) in [4.78, 5) is 33.6. The molecule has 1 saturated carbocycles. The van der Waals surface area contributed by atoms with Crippen LogP contribution in [-0.4, -0.2) is 40.5 Å². The van der Waals surface area contributed by atoms with Crippen LogP contribution in [0.1, 0.15) is 86.5 Å². The predicted octanol–water partition coefficient (Wildman–Crippen LogP) is 4.46. The van der Waals surface area contributed by atoms with E-state index in [0.29, 0.717) is 22.2 Å². The Balaban J connectivity index is 0.00000216. The van der Waals surface area contributed by atoms with Gasteiger partial charge in [0.05, 0.1) is 12.6 Å². The number of aryl methyl sites for hydroxylation is 1. The number of nitrogens with zero attached hydrogens (tertiary/aromatic N) is 2. The summed E-state index contributed by atoms with van der Waals surface area (Å²) in [5, 5.41) is 10.5. The molecule has 1 fully saturated rings. The zero-order valence-electron chi connectivity index (χ0n) is 24.1. The van der Waals surface area contributed by atoms with Crippen LogP contribution in [0, 0.1) is 23.7 Å². The summed E-state index contributed by atoms with van der Waals surface area (Å²) in [6.07, 6.45) is 3.61. The van der Waals surface area contributed by atoms with Crippen LogP contribution in [0.2, 0.25) is 5.02 Å². The monoisotopic (exact) mass is 567 g/mol. The lowest BCUT2D eigenvalue weighted by Gasteiger charge is -2.46. The van der Waals surface area contributed by atoms with Gasteiger partial charge in [-0.1, -0.05) is 44.5 Å². The van der Waals surface area contributed by atoms with Crippen LogP contribution in [0.4, 0.5) is 0 Å². The molecule has 2 aromatic rings. The van der Waals surface area contributed by atoms with E-state index in [1.54, 1.807) is 12.1 Å². The highest BCUT2D eigenvalue weighted by Crippen LogP contribution is 2.49. The number of carbonyl (C=O) groups excluding carboxylic acids is 2. The number of carbonyl (C=O) groups is 2. The number of nitrogens with two attached hydrogens (primary N) is 3. The van der Waals surface area contributed by atoms with Crippen molar-refractivity contribution in [2.24, 2.45) is 33.7 Å². The molecule has 1 aliphatic heterocycles. The third kappa shape index (κ3) is 6.71. The van der Waals surface area contributed by atoms with Crippen LogP contribution in [0.3, 0.4) is 0 Å². The van der Waals surface area contributed by atoms with Gasteiger partial charge in [0, 0.05) is 16.1 Å². The summed E-state index contributed by atoms with van der Waals surface area (Å²) < 4.78 is 0. The maximum Gasteiger partial charge on any atom is 0.275 e. The van der Waals surface area contributed by atoms with E-state index < -0.39 is 5.66 Å². The van der Waals surface area contributed by atoms with Crippen molar-refractivity contribution in [3.05, 3.63) is 69.7 Å². The summed E-state index contributed by atoms with van der Waals surface area (Å²) in [6.45, 7) is 10.9. The summed E-state index contributed by atoms with van der Waals surface area (Å²) in [6, 6.07) is 12.7. The molecule has 1 aliphatic carbocycles. The maximum absolute atomic E-state index is 14.1. The number of rotatable bonds is 6. The molecule has 0 radical (unpaired) electrons. The molecule has 40 heavy (non-hydrogen) atoms. The number of halogens is 1. The molecule has 0 bridgehead atoms. The second-order valence-electron chi connectivity index (χ2n) is 11.8. The van der Waals surface area contributed by atoms with E-state index in [1.165, 1.54) is 0 Å². The molecular weight excluding hydrogens is 526 g/mol. The van der Waals surface area contributed by atoms with Gasteiger partial charge in [-0.05, 0) is 92.3 Å². The molecule has 2 amide bonds. The molecule has 10 heteroatoms. The van der Waals surface area contributed by atoms with Crippen LogP contribution in [-0.2, 0) is 4.79 Å². The highest BCUT2D eigenvalue weighted by atomic mass is 35.5. The van der Waals surface area contributed by atoms with Gasteiger partial charge in [0.2, 0.25) is 0 Å². The van der Waals surface area contributed by atoms with Gasteiger partial charge in [0.25, 0.3) is 11.8 Å². The zero-order chi connectivity index (χ0) is 29.8. The minimum atomic E-state index is -0.610. The topological polar surface area (TPSA) is 164 Å². The largest absolute Gasteiger partial charge is 0.386 e. The summed E-state index contributed by atoms with van der Waals surface area (Å²) in [5.74, 6) is 8.08. The molecule has 1 spiro atoms. The summed E-state index contributed by atoms with van der Waals surface area (Å²) in [7, 11) is 0. The van der Waals surface area contributed by atoms with Crippen molar-refractivity contribution in [1.29, 1.82) is 5.41 Å². The molecule has 1 atom stereocenters. The van der Waals surface area contributed by atoms with Crippen molar-refractivity contribution in [2.75, 3.05) is 6.54 Å². The van der Waals surface area contributed by atoms with Gasteiger partial charge >= 0.3 is 0 Å². The van der Waals surface area contributed by atoms with Crippen LogP contribution < -0.4 is 22.7 Å². The van der Waals surface area contributed by atoms with E-state index in [1.807, 2.05) is 49.1 Å². The quantitative estimate of drug-likeness (QED) is 0.150. The Hall–Kier alpha value is -3.27. The molecule has 0 saturated heterocycles. The standard InChI is InChI=1S/C30H38ClN5O2.H4N2/c1-18-14-22(16-24(31)15-18)26-28(38)36(30(35-26)12-10-23(11-13-30)29(3,4)5)19(2)20-6-8-21(9-7-20)27(37)34-17-25(32)33;1-2/h6-9,14-16,19,23H,10-13,17H2,1-5H3,(H3,32,33)(H,34,37);1-2H2. The fourth-order valence-electron chi connectivity index (χ4n) is 5.85. The van der Waals surface area contributed by atoms with Gasteiger partial charge in [0.15, 0.2) is 0 Å². The highest BCUT2D eigenvalue weighted by Gasteiger charge is 2.52. The lowest BCUT2D eigenvalue weighted by Crippen LogP contribution is -2.50. The second kappa shape index (κ2) is 12.5. The van der Waals surface area contributed by atoms with Crippen LogP contribution in [0.5, 0.6) is 0 Å². The first-order chi connectivity index (χ1) is 18.8. The Morgan fingerprint density at radius 3 is 2.30 bits per heavy atom. The molecule has 4 rings (SSSR count). The fourth-order valence-corrected chi connectivity index (χ4v) is 6.14. The number of amides is 2. The Morgan fingerprint density at radius 2 is 1.77 bits per heavy atom. The average molecular weight is 568 g/mol. The smallest absolute Gasteiger partial charge is 0.275 e. The van der Waals surface area contributed by atoms with Gasteiger partial charge in [-0.25, -0.2) is 0 Å². The normalized spacial score (nSPS) is 21.4. The Bertz CT molecular complexity index is 1260. The SMILES string of the molecule is Cc1cc(Cl)cc(C2=NC3(CCC(C(C)(C)C)CC3)N(C(C)c3ccc(C(=O)NCC(=N)N)cc3)C2=O)c1.NN. The summed E-state index contributed by atoms with van der Waals surface area (Å²) >= 11 is 6.37. The van der Waals surface area contributed by atoms with Crippen molar-refractivity contribution >= 4 is 35.0 Å². The number of hydrogen-bond donors (Lipinski definition) is 5. The molecule has 2 aromatic carbocycles. The van der Waals surface area contributed by atoms with E-state index in [9.17, 15) is 9.59 Å². The molecule has 2 aliphatic rings. The first-order valence-electron chi connectivity index (χ1n) is 13.6. The minimum absolute atomic E-state index is 0.000436. The van der Waals surface area contributed by atoms with Gasteiger partial charge in [-0.15, -0.1) is 0 Å². The van der Waals surface area contributed by atoms with E-state index in [0.717, 1.165) is 42.4 Å². The number of benzene rings is 2. The van der Waals surface area contributed by atoms with Gasteiger partial charge < -0.3 is 16.0 Å². The van der Waals surface area contributed by atoms with Gasteiger partial charge in [0.1, 0.15) is 17.2 Å². The van der Waals surface area contributed by atoms with Crippen molar-refractivity contribution in [3.63, 3.8) is 0 Å². The summed E-state index contributed by atoms with van der Waals surface area (Å²) in [5.41, 5.74) is 8.55. The molecule has 216 valence electrons. The van der Waals surface area contributed by atoms with Gasteiger partial charge in [-0.2, -0.15) is 0 Å². The number of nitrogens with one attached hydrogen (secondary N) is 2. The van der Waals surface area contributed by atoms with Crippen molar-refractivity contribution < 1.29 is 9.59 Å². The van der Waals surface area contributed by atoms with Crippen molar-refractivity contribution in [3.8, 4) is 0 Å². The van der Waals surface area contributed by atoms with E-state index in [-0.39, 0.29) is 35.7 Å². The fraction of sp³-hybridized carbons (Fsp3) is 0.467. The zero-order valence-corrected chi connectivity index (χ0v) is 24.8. The Morgan fingerprint density at radius 1 is 1.18 bits per heavy atom. The van der Waals surface area contributed by atoms with E-state index in [4.69, 9.17) is 27.7 Å². The van der Waals surface area contributed by atoms with E-state index in [2.05, 4.69) is 37.8 Å².